The molecule has 1 fully saturated rings. The quantitative estimate of drug-likeness (QED) is 0.697. The fourth-order valence-corrected chi connectivity index (χ4v) is 4.55. The lowest BCUT2D eigenvalue weighted by atomic mass is 10.1. The molecule has 3 rings (SSSR count). The molecule has 0 aliphatic carbocycles. The van der Waals surface area contributed by atoms with Gasteiger partial charge in [-0.1, -0.05) is 42.5 Å². The lowest BCUT2D eigenvalue weighted by Crippen LogP contribution is -2.50. The number of aliphatic hydroxyl groups is 1. The minimum atomic E-state index is -3.45. The Morgan fingerprint density at radius 2 is 1.77 bits per heavy atom. The molecule has 30 heavy (non-hydrogen) atoms. The Kier molecular flexibility index (Phi) is 7.66. The van der Waals surface area contributed by atoms with Gasteiger partial charge in [-0.3, -0.25) is 4.90 Å². The van der Waals surface area contributed by atoms with Gasteiger partial charge in [0.15, 0.2) is 0 Å². The molecule has 2 aromatic carbocycles. The van der Waals surface area contributed by atoms with Gasteiger partial charge in [-0.05, 0) is 42.7 Å². The highest BCUT2D eigenvalue weighted by molar-refractivity contribution is 7.92. The summed E-state index contributed by atoms with van der Waals surface area (Å²) in [5.74, 6) is 0.787. The van der Waals surface area contributed by atoms with E-state index in [-0.39, 0.29) is 6.61 Å². The van der Waals surface area contributed by atoms with E-state index in [1.54, 1.807) is 6.08 Å². The summed E-state index contributed by atoms with van der Waals surface area (Å²) >= 11 is 0. The maximum atomic E-state index is 12.6. The second-order valence-corrected chi connectivity index (χ2v) is 9.51. The van der Waals surface area contributed by atoms with Gasteiger partial charge in [-0.15, -0.1) is 0 Å². The minimum absolute atomic E-state index is 0.211. The third-order valence-corrected chi connectivity index (χ3v) is 6.73. The van der Waals surface area contributed by atoms with E-state index in [4.69, 9.17) is 4.74 Å². The molecular formula is C23H30N2O4S. The van der Waals surface area contributed by atoms with E-state index < -0.39 is 16.1 Å². The van der Waals surface area contributed by atoms with Crippen LogP contribution in [-0.2, 0) is 10.0 Å². The van der Waals surface area contributed by atoms with E-state index in [1.807, 2.05) is 62.4 Å². The van der Waals surface area contributed by atoms with E-state index >= 15 is 0 Å². The lowest BCUT2D eigenvalue weighted by molar-refractivity contribution is 0.0568. The maximum Gasteiger partial charge on any atom is 0.236 e. The van der Waals surface area contributed by atoms with E-state index in [2.05, 4.69) is 4.90 Å². The lowest BCUT2D eigenvalue weighted by Gasteiger charge is -2.34. The third kappa shape index (κ3) is 6.40. The maximum absolute atomic E-state index is 12.6. The summed E-state index contributed by atoms with van der Waals surface area (Å²) in [4.78, 5) is 2.07. The standard InChI is InChI=1S/C23H30N2O4S/c1-19-8-9-20(2)23(16-19)29-18-22(26)17-24-11-13-25(14-12-24)30(27,28)15-10-21-6-4-3-5-7-21/h3-10,15-16,22,26H,11-14,17-18H2,1-2H3/b15-10+/t22-/m0/s1. The van der Waals surface area contributed by atoms with Crippen LogP contribution in [0.1, 0.15) is 16.7 Å². The van der Waals surface area contributed by atoms with Crippen LogP contribution in [0.3, 0.4) is 0 Å². The molecule has 6 nitrogen and oxygen atoms in total. The van der Waals surface area contributed by atoms with Crippen molar-refractivity contribution in [1.82, 2.24) is 9.21 Å². The number of ether oxygens (including phenoxy) is 1. The summed E-state index contributed by atoms with van der Waals surface area (Å²) in [6.45, 7) is 6.63. The van der Waals surface area contributed by atoms with Crippen LogP contribution in [0.4, 0.5) is 0 Å². The summed E-state index contributed by atoms with van der Waals surface area (Å²) in [5.41, 5.74) is 3.01. The average molecular weight is 431 g/mol. The molecule has 162 valence electrons. The first kappa shape index (κ1) is 22.5. The van der Waals surface area contributed by atoms with E-state index in [0.29, 0.717) is 32.7 Å². The predicted molar refractivity (Wildman–Crippen MR) is 120 cm³/mol. The van der Waals surface area contributed by atoms with Gasteiger partial charge in [0.05, 0.1) is 0 Å². The fourth-order valence-electron chi connectivity index (χ4n) is 3.38. The highest BCUT2D eigenvalue weighted by Gasteiger charge is 2.26. The monoisotopic (exact) mass is 430 g/mol. The van der Waals surface area contributed by atoms with Gasteiger partial charge in [-0.25, -0.2) is 8.42 Å². The molecule has 1 heterocycles. The number of hydrogen-bond donors (Lipinski definition) is 1. The van der Waals surface area contributed by atoms with Gasteiger partial charge in [0.25, 0.3) is 0 Å². The van der Waals surface area contributed by atoms with Crippen LogP contribution in [0.5, 0.6) is 5.75 Å². The normalized spacial score (nSPS) is 17.3. The van der Waals surface area contributed by atoms with Crippen molar-refractivity contribution in [2.24, 2.45) is 0 Å². The number of piperazine rings is 1. The molecule has 1 aliphatic heterocycles. The predicted octanol–water partition coefficient (Wildman–Crippen LogP) is 2.66. The molecule has 1 N–H and O–H groups in total. The molecule has 1 aliphatic rings. The van der Waals surface area contributed by atoms with Crippen LogP contribution in [0.2, 0.25) is 0 Å². The molecule has 0 bridgehead atoms. The molecule has 0 spiro atoms. The first-order valence-corrected chi connectivity index (χ1v) is 11.7. The minimum Gasteiger partial charge on any atom is -0.491 e. The molecule has 7 heteroatoms. The molecule has 2 aromatic rings. The molecule has 0 saturated carbocycles. The Hall–Kier alpha value is -2.19. The number of β-amino-alcohol motifs (C(OH)–C–C–N with tert-alkyl or cyclic N) is 1. The molecule has 1 atom stereocenters. The number of sulfonamides is 1. The molecular weight excluding hydrogens is 400 g/mol. The summed E-state index contributed by atoms with van der Waals surface area (Å²) in [6.07, 6.45) is 0.988. The van der Waals surface area contributed by atoms with Gasteiger partial charge >= 0.3 is 0 Å². The number of nitrogens with zero attached hydrogens (tertiary/aromatic N) is 2. The van der Waals surface area contributed by atoms with Crippen molar-refractivity contribution in [3.63, 3.8) is 0 Å². The van der Waals surface area contributed by atoms with E-state index in [0.717, 1.165) is 22.4 Å². The van der Waals surface area contributed by atoms with Gasteiger partial charge in [0.2, 0.25) is 10.0 Å². The highest BCUT2D eigenvalue weighted by Crippen LogP contribution is 2.19. The largest absolute Gasteiger partial charge is 0.491 e. The van der Waals surface area contributed by atoms with E-state index in [1.165, 1.54) is 9.71 Å². The fraction of sp³-hybridized carbons (Fsp3) is 0.391. The highest BCUT2D eigenvalue weighted by atomic mass is 32.2. The number of benzene rings is 2. The van der Waals surface area contributed by atoms with Crippen LogP contribution in [0, 0.1) is 13.8 Å². The average Bonchev–Trinajstić information content (AvgIpc) is 2.74. The van der Waals surface area contributed by atoms with Crippen LogP contribution in [0.15, 0.2) is 53.9 Å². The zero-order valence-electron chi connectivity index (χ0n) is 17.6. The summed E-state index contributed by atoms with van der Waals surface area (Å²) < 4.78 is 32.4. The second-order valence-electron chi connectivity index (χ2n) is 7.69. The first-order chi connectivity index (χ1) is 14.3. The van der Waals surface area contributed by atoms with Crippen molar-refractivity contribution in [2.45, 2.75) is 20.0 Å². The molecule has 0 amide bonds. The van der Waals surface area contributed by atoms with Crippen molar-refractivity contribution in [3.8, 4) is 5.75 Å². The third-order valence-electron chi connectivity index (χ3n) is 5.17. The van der Waals surface area contributed by atoms with Crippen molar-refractivity contribution in [3.05, 3.63) is 70.6 Å². The van der Waals surface area contributed by atoms with Crippen LogP contribution in [0.25, 0.3) is 6.08 Å². The van der Waals surface area contributed by atoms with Crippen molar-refractivity contribution >= 4 is 16.1 Å². The van der Waals surface area contributed by atoms with Gasteiger partial charge < -0.3 is 9.84 Å². The Morgan fingerprint density at radius 1 is 1.07 bits per heavy atom. The zero-order chi connectivity index (χ0) is 21.6. The Bertz CT molecular complexity index is 952. The van der Waals surface area contributed by atoms with Crippen molar-refractivity contribution in [1.29, 1.82) is 0 Å². The number of hydrogen-bond acceptors (Lipinski definition) is 5. The van der Waals surface area contributed by atoms with Gasteiger partial charge in [0.1, 0.15) is 18.5 Å². The van der Waals surface area contributed by atoms with Crippen molar-refractivity contribution < 1.29 is 18.3 Å². The van der Waals surface area contributed by atoms with Crippen LogP contribution >= 0.6 is 0 Å². The molecule has 0 unspecified atom stereocenters. The molecule has 1 saturated heterocycles. The smallest absolute Gasteiger partial charge is 0.236 e. The number of aliphatic hydroxyl groups excluding tert-OH is 1. The topological polar surface area (TPSA) is 70.1 Å². The van der Waals surface area contributed by atoms with Gasteiger partial charge in [0, 0.05) is 38.1 Å². The summed E-state index contributed by atoms with van der Waals surface area (Å²) in [6, 6.07) is 15.4. The summed E-state index contributed by atoms with van der Waals surface area (Å²) in [5, 5.41) is 11.6. The Morgan fingerprint density at radius 3 is 2.47 bits per heavy atom. The van der Waals surface area contributed by atoms with Crippen LogP contribution < -0.4 is 4.74 Å². The first-order valence-electron chi connectivity index (χ1n) is 10.2. The summed E-state index contributed by atoms with van der Waals surface area (Å²) in [7, 11) is -3.45. The number of aryl methyl sites for hydroxylation is 2. The van der Waals surface area contributed by atoms with Crippen molar-refractivity contribution in [2.75, 3.05) is 39.3 Å². The molecule has 0 aromatic heterocycles. The number of rotatable bonds is 8. The van der Waals surface area contributed by atoms with Gasteiger partial charge in [-0.2, -0.15) is 4.31 Å². The Balaban J connectivity index is 1.45. The second kappa shape index (κ2) is 10.2. The molecule has 0 radical (unpaired) electrons. The van der Waals surface area contributed by atoms with E-state index in [9.17, 15) is 13.5 Å². The van der Waals surface area contributed by atoms with Crippen LogP contribution in [-0.4, -0.2) is 68.2 Å². The Labute approximate surface area is 179 Å². The zero-order valence-corrected chi connectivity index (χ0v) is 18.4. The SMILES string of the molecule is Cc1ccc(C)c(OC[C@@H](O)CN2CCN(S(=O)(=O)/C=C/c3ccccc3)CC2)c1.